The average molecular weight is 285 g/mol. The molecule has 6 nitrogen and oxygen atoms in total. The van der Waals surface area contributed by atoms with E-state index in [1.165, 1.54) is 0 Å². The Kier molecular flexibility index (Phi) is 3.67. The van der Waals surface area contributed by atoms with Crippen LogP contribution in [-0.2, 0) is 0 Å². The Morgan fingerprint density at radius 2 is 2.10 bits per heavy atom. The Bertz CT molecular complexity index is 573. The smallest absolute Gasteiger partial charge is 0.305 e. The van der Waals surface area contributed by atoms with Crippen molar-refractivity contribution >= 4 is 11.6 Å². The summed E-state index contributed by atoms with van der Waals surface area (Å²) in [6.45, 7) is 0.0768. The number of rotatable bonds is 4. The van der Waals surface area contributed by atoms with Gasteiger partial charge in [-0.05, 0) is 25.3 Å². The third-order valence-corrected chi connectivity index (χ3v) is 3.44. The molecule has 0 bridgehead atoms. The van der Waals surface area contributed by atoms with Crippen LogP contribution in [0.5, 0.6) is 0 Å². The van der Waals surface area contributed by atoms with Gasteiger partial charge in [-0.15, -0.1) is 0 Å². The monoisotopic (exact) mass is 285 g/mol. The zero-order valence-electron chi connectivity index (χ0n) is 10.5. The second kappa shape index (κ2) is 5.12. The molecule has 0 unspecified atom stereocenters. The minimum absolute atomic E-state index is 0.0768. The molecule has 0 aliphatic heterocycles. The number of carbonyl (C=O) groups excluding carboxylic acids is 1. The highest BCUT2D eigenvalue weighted by Gasteiger charge is 2.34. The number of hydrogen-bond donors (Lipinski definition) is 2. The van der Waals surface area contributed by atoms with Gasteiger partial charge in [0, 0.05) is 18.2 Å². The number of nitro groups is 1. The number of halogens is 2. The van der Waals surface area contributed by atoms with Gasteiger partial charge in [-0.1, -0.05) is 0 Å². The van der Waals surface area contributed by atoms with Crippen molar-refractivity contribution in [2.75, 3.05) is 6.54 Å². The molecule has 0 atom stereocenters. The van der Waals surface area contributed by atoms with Gasteiger partial charge in [0.1, 0.15) is 11.4 Å². The molecular formula is C12H13F2N3O3. The Morgan fingerprint density at radius 1 is 1.45 bits per heavy atom. The lowest BCUT2D eigenvalue weighted by molar-refractivity contribution is -0.387. The summed E-state index contributed by atoms with van der Waals surface area (Å²) in [7, 11) is 0. The third-order valence-electron chi connectivity index (χ3n) is 3.44. The van der Waals surface area contributed by atoms with Crippen LogP contribution in [0.25, 0.3) is 0 Å². The van der Waals surface area contributed by atoms with E-state index in [0.29, 0.717) is 25.0 Å². The second-order valence-corrected chi connectivity index (χ2v) is 4.91. The van der Waals surface area contributed by atoms with Gasteiger partial charge in [0.2, 0.25) is 5.82 Å². The fraction of sp³-hybridized carbons (Fsp3) is 0.417. The van der Waals surface area contributed by atoms with Gasteiger partial charge < -0.3 is 11.1 Å². The summed E-state index contributed by atoms with van der Waals surface area (Å²) >= 11 is 0. The Labute approximate surface area is 113 Å². The van der Waals surface area contributed by atoms with E-state index in [-0.39, 0.29) is 6.54 Å². The molecule has 0 saturated heterocycles. The summed E-state index contributed by atoms with van der Waals surface area (Å²) in [6, 6.07) is 1.37. The van der Waals surface area contributed by atoms with Crippen LogP contribution in [0.4, 0.5) is 14.5 Å². The maximum absolute atomic E-state index is 13.8. The molecule has 1 amide bonds. The van der Waals surface area contributed by atoms with Crippen molar-refractivity contribution in [2.45, 2.75) is 24.8 Å². The number of nitrogens with two attached hydrogens (primary N) is 1. The van der Waals surface area contributed by atoms with E-state index in [9.17, 15) is 23.7 Å². The highest BCUT2D eigenvalue weighted by Crippen LogP contribution is 2.28. The van der Waals surface area contributed by atoms with Crippen molar-refractivity contribution in [1.29, 1.82) is 0 Å². The minimum atomic E-state index is -1.48. The van der Waals surface area contributed by atoms with E-state index < -0.39 is 39.3 Å². The molecule has 0 spiro atoms. The lowest BCUT2D eigenvalue weighted by Gasteiger charge is -2.38. The fourth-order valence-corrected chi connectivity index (χ4v) is 2.04. The zero-order valence-corrected chi connectivity index (χ0v) is 10.5. The summed E-state index contributed by atoms with van der Waals surface area (Å²) in [6.07, 6.45) is 2.37. The molecule has 3 N–H and O–H groups in total. The minimum Gasteiger partial charge on any atom is -0.350 e. The van der Waals surface area contributed by atoms with E-state index in [4.69, 9.17) is 5.73 Å². The molecule has 108 valence electrons. The van der Waals surface area contributed by atoms with Crippen LogP contribution in [0.1, 0.15) is 29.6 Å². The lowest BCUT2D eigenvalue weighted by Crippen LogP contribution is -2.55. The topological polar surface area (TPSA) is 98.3 Å². The summed E-state index contributed by atoms with van der Waals surface area (Å²) in [5.74, 6) is -3.67. The van der Waals surface area contributed by atoms with Crippen LogP contribution >= 0.6 is 0 Å². The third kappa shape index (κ3) is 2.60. The largest absolute Gasteiger partial charge is 0.350 e. The molecule has 1 aromatic carbocycles. The van der Waals surface area contributed by atoms with Crippen LogP contribution < -0.4 is 11.1 Å². The van der Waals surface area contributed by atoms with Crippen LogP contribution in [0.2, 0.25) is 0 Å². The molecule has 1 fully saturated rings. The highest BCUT2D eigenvalue weighted by molar-refractivity contribution is 5.95. The van der Waals surface area contributed by atoms with E-state index in [1.54, 1.807) is 0 Å². The first-order valence-electron chi connectivity index (χ1n) is 6.03. The highest BCUT2D eigenvalue weighted by atomic mass is 19.1. The maximum atomic E-state index is 13.8. The predicted octanol–water partition coefficient (Wildman–Crippen LogP) is 1.48. The van der Waals surface area contributed by atoms with Gasteiger partial charge in [0.15, 0.2) is 0 Å². The summed E-state index contributed by atoms with van der Waals surface area (Å²) in [4.78, 5) is 21.3. The van der Waals surface area contributed by atoms with Gasteiger partial charge in [-0.25, -0.2) is 4.39 Å². The molecule has 0 heterocycles. The zero-order chi connectivity index (χ0) is 14.9. The van der Waals surface area contributed by atoms with E-state index in [2.05, 4.69) is 5.32 Å². The summed E-state index contributed by atoms with van der Waals surface area (Å²) in [5, 5.41) is 12.9. The Morgan fingerprint density at radius 3 is 2.60 bits per heavy atom. The van der Waals surface area contributed by atoms with Gasteiger partial charge in [0.05, 0.1) is 4.92 Å². The molecule has 1 aliphatic rings. The Balaban J connectivity index is 2.20. The van der Waals surface area contributed by atoms with Crippen LogP contribution in [0, 0.1) is 21.7 Å². The molecule has 0 aromatic heterocycles. The van der Waals surface area contributed by atoms with Crippen LogP contribution in [0.15, 0.2) is 12.1 Å². The fourth-order valence-electron chi connectivity index (χ4n) is 2.04. The molecule has 1 saturated carbocycles. The average Bonchev–Trinajstić information content (AvgIpc) is 2.33. The SMILES string of the molecule is NC1(CNC(=O)c2c(F)ccc([N+](=O)[O-])c2F)CCC1. The van der Waals surface area contributed by atoms with Crippen molar-refractivity contribution in [3.8, 4) is 0 Å². The number of nitrogens with one attached hydrogen (secondary N) is 1. The van der Waals surface area contributed by atoms with Crippen LogP contribution in [0.3, 0.4) is 0 Å². The lowest BCUT2D eigenvalue weighted by atomic mass is 9.78. The molecule has 1 aromatic rings. The van der Waals surface area contributed by atoms with Crippen LogP contribution in [-0.4, -0.2) is 22.9 Å². The number of hydrogen-bond acceptors (Lipinski definition) is 4. The molecule has 8 heteroatoms. The first kappa shape index (κ1) is 14.3. The van der Waals surface area contributed by atoms with E-state index in [0.717, 1.165) is 6.42 Å². The number of benzene rings is 1. The normalized spacial score (nSPS) is 16.4. The van der Waals surface area contributed by atoms with Gasteiger partial charge in [-0.3, -0.25) is 14.9 Å². The van der Waals surface area contributed by atoms with Crippen molar-refractivity contribution in [3.63, 3.8) is 0 Å². The predicted molar refractivity (Wildman–Crippen MR) is 66.1 cm³/mol. The molecular weight excluding hydrogens is 272 g/mol. The molecule has 20 heavy (non-hydrogen) atoms. The molecule has 0 radical (unpaired) electrons. The standard InChI is InChI=1S/C12H13F2N3O3/c13-7-2-3-8(17(19)20)10(14)9(7)11(18)16-6-12(15)4-1-5-12/h2-3H,1,4-6,15H2,(H,16,18). The van der Waals surface area contributed by atoms with Crippen molar-refractivity contribution < 1.29 is 18.5 Å². The number of amides is 1. The summed E-state index contributed by atoms with van der Waals surface area (Å²) in [5.41, 5.74) is 3.42. The van der Waals surface area contributed by atoms with Crippen molar-refractivity contribution in [1.82, 2.24) is 5.32 Å². The number of nitrogens with zero attached hydrogens (tertiary/aromatic N) is 1. The van der Waals surface area contributed by atoms with Crippen molar-refractivity contribution in [3.05, 3.63) is 39.4 Å². The van der Waals surface area contributed by atoms with E-state index >= 15 is 0 Å². The van der Waals surface area contributed by atoms with Gasteiger partial charge >= 0.3 is 5.69 Å². The molecule has 1 aliphatic carbocycles. The maximum Gasteiger partial charge on any atom is 0.305 e. The van der Waals surface area contributed by atoms with E-state index in [1.807, 2.05) is 0 Å². The second-order valence-electron chi connectivity index (χ2n) is 4.91. The number of nitro benzene ring substituents is 1. The molecule has 2 rings (SSSR count). The first-order valence-corrected chi connectivity index (χ1v) is 6.03. The quantitative estimate of drug-likeness (QED) is 0.646. The number of carbonyl (C=O) groups is 1. The first-order chi connectivity index (χ1) is 9.34. The van der Waals surface area contributed by atoms with Gasteiger partial charge in [-0.2, -0.15) is 4.39 Å². The summed E-state index contributed by atoms with van der Waals surface area (Å²) < 4.78 is 27.3. The van der Waals surface area contributed by atoms with Crippen molar-refractivity contribution in [2.24, 2.45) is 5.73 Å². The van der Waals surface area contributed by atoms with Gasteiger partial charge in [0.25, 0.3) is 5.91 Å². The Hall–Kier alpha value is -2.09.